The molecule has 2 aromatic heterocycles. The number of thiazole rings is 1. The molecule has 146 valence electrons. The van der Waals surface area contributed by atoms with E-state index in [1.807, 2.05) is 48.5 Å². The Morgan fingerprint density at radius 1 is 1.14 bits per heavy atom. The molecule has 0 atom stereocenters. The molecule has 0 saturated carbocycles. The smallest absolute Gasteiger partial charge is 0.271 e. The number of rotatable bonds is 7. The molecule has 1 N–H and O–H groups in total. The van der Waals surface area contributed by atoms with Crippen molar-refractivity contribution in [1.29, 1.82) is 0 Å². The van der Waals surface area contributed by atoms with Gasteiger partial charge in [-0.1, -0.05) is 41.9 Å². The van der Waals surface area contributed by atoms with Crippen molar-refractivity contribution < 1.29 is 13.9 Å². The summed E-state index contributed by atoms with van der Waals surface area (Å²) in [6, 6.07) is 18.8. The van der Waals surface area contributed by atoms with Crippen molar-refractivity contribution in [3.63, 3.8) is 0 Å². The predicted octanol–water partition coefficient (Wildman–Crippen LogP) is 5.57. The Hall–Kier alpha value is -3.09. The average molecular weight is 425 g/mol. The summed E-state index contributed by atoms with van der Waals surface area (Å²) in [5.74, 6) is 1.16. The molecule has 4 aromatic rings. The van der Waals surface area contributed by atoms with E-state index < -0.39 is 0 Å². The maximum absolute atomic E-state index is 12.3. The molecule has 7 heteroatoms. The summed E-state index contributed by atoms with van der Waals surface area (Å²) in [4.78, 5) is 16.8. The average Bonchev–Trinajstić information content (AvgIpc) is 3.44. The lowest BCUT2D eigenvalue weighted by Crippen LogP contribution is -2.22. The molecule has 0 aliphatic rings. The molecule has 0 fully saturated rings. The molecule has 0 bridgehead atoms. The molecule has 0 saturated heterocycles. The number of amides is 1. The summed E-state index contributed by atoms with van der Waals surface area (Å²) in [5.41, 5.74) is 2.18. The fourth-order valence-electron chi connectivity index (χ4n) is 2.68. The summed E-state index contributed by atoms with van der Waals surface area (Å²) in [7, 11) is 0. The van der Waals surface area contributed by atoms with Crippen LogP contribution in [0.1, 0.15) is 21.8 Å². The van der Waals surface area contributed by atoms with Crippen molar-refractivity contribution in [2.24, 2.45) is 0 Å². The van der Waals surface area contributed by atoms with Gasteiger partial charge >= 0.3 is 0 Å². The molecule has 0 unspecified atom stereocenters. The zero-order valence-corrected chi connectivity index (χ0v) is 16.9. The molecular weight excluding hydrogens is 408 g/mol. The third kappa shape index (κ3) is 4.85. The fraction of sp³-hybridized carbons (Fsp3) is 0.0909. The van der Waals surface area contributed by atoms with Crippen LogP contribution in [0.15, 0.2) is 76.7 Å². The lowest BCUT2D eigenvalue weighted by Gasteiger charge is -2.08. The van der Waals surface area contributed by atoms with Crippen LogP contribution >= 0.6 is 22.9 Å². The van der Waals surface area contributed by atoms with E-state index in [1.54, 1.807) is 23.8 Å². The summed E-state index contributed by atoms with van der Waals surface area (Å²) in [6.07, 6.45) is 1.57. The summed E-state index contributed by atoms with van der Waals surface area (Å²) < 4.78 is 11.1. The van der Waals surface area contributed by atoms with Crippen LogP contribution in [-0.4, -0.2) is 10.9 Å². The molecule has 0 aliphatic carbocycles. The van der Waals surface area contributed by atoms with Crippen LogP contribution < -0.4 is 10.1 Å². The predicted molar refractivity (Wildman–Crippen MR) is 113 cm³/mol. The number of aromatic nitrogens is 1. The Morgan fingerprint density at radius 3 is 2.86 bits per heavy atom. The first-order valence-electron chi connectivity index (χ1n) is 8.92. The van der Waals surface area contributed by atoms with Gasteiger partial charge in [-0.2, -0.15) is 0 Å². The second-order valence-corrected chi connectivity index (χ2v) is 7.47. The second-order valence-electron chi connectivity index (χ2n) is 6.21. The second kappa shape index (κ2) is 8.94. The molecule has 5 nitrogen and oxygen atoms in total. The van der Waals surface area contributed by atoms with Gasteiger partial charge in [-0.3, -0.25) is 4.79 Å². The standard InChI is InChI=1S/C22H17ClN2O3S/c23-19-9-2-1-5-16(19)13-28-17-7-3-6-15(11-17)22-25-20(14-29-22)21(26)24-12-18-8-4-10-27-18/h1-11,14H,12-13H2,(H,24,26). The van der Waals surface area contributed by atoms with Crippen LogP contribution in [-0.2, 0) is 13.2 Å². The maximum Gasteiger partial charge on any atom is 0.271 e. The van der Waals surface area contributed by atoms with Crippen LogP contribution in [0.2, 0.25) is 5.02 Å². The topological polar surface area (TPSA) is 64.4 Å². The highest BCUT2D eigenvalue weighted by Crippen LogP contribution is 2.28. The Bertz CT molecular complexity index is 1110. The van der Waals surface area contributed by atoms with E-state index in [9.17, 15) is 4.79 Å². The zero-order valence-electron chi connectivity index (χ0n) is 15.3. The first-order chi connectivity index (χ1) is 14.2. The number of carbonyl (C=O) groups excluding carboxylic acids is 1. The molecule has 0 aliphatic heterocycles. The Balaban J connectivity index is 1.42. The number of halogens is 1. The van der Waals surface area contributed by atoms with Gasteiger partial charge in [0.2, 0.25) is 0 Å². The number of benzene rings is 2. The fourth-order valence-corrected chi connectivity index (χ4v) is 3.66. The van der Waals surface area contributed by atoms with Crippen LogP contribution in [0.5, 0.6) is 5.75 Å². The summed E-state index contributed by atoms with van der Waals surface area (Å²) in [6.45, 7) is 0.700. The molecule has 2 heterocycles. The van der Waals surface area contributed by atoms with Crippen molar-refractivity contribution in [1.82, 2.24) is 10.3 Å². The van der Waals surface area contributed by atoms with E-state index >= 15 is 0 Å². The van der Waals surface area contributed by atoms with Crippen molar-refractivity contribution in [3.8, 4) is 16.3 Å². The Kier molecular flexibility index (Phi) is 5.93. The van der Waals surface area contributed by atoms with Gasteiger partial charge in [0, 0.05) is 21.5 Å². The number of ether oxygens (including phenoxy) is 1. The van der Waals surface area contributed by atoms with E-state index in [-0.39, 0.29) is 5.91 Å². The molecular formula is C22H17ClN2O3S. The number of hydrogen-bond acceptors (Lipinski definition) is 5. The van der Waals surface area contributed by atoms with Crippen LogP contribution in [0, 0.1) is 0 Å². The van der Waals surface area contributed by atoms with E-state index in [0.29, 0.717) is 35.4 Å². The molecule has 0 spiro atoms. The monoisotopic (exact) mass is 424 g/mol. The molecule has 0 radical (unpaired) electrons. The minimum atomic E-state index is -0.241. The zero-order chi connectivity index (χ0) is 20.1. The van der Waals surface area contributed by atoms with Gasteiger partial charge < -0.3 is 14.5 Å². The molecule has 1 amide bonds. The minimum Gasteiger partial charge on any atom is -0.489 e. The van der Waals surface area contributed by atoms with E-state index in [2.05, 4.69) is 10.3 Å². The SMILES string of the molecule is O=C(NCc1ccco1)c1csc(-c2cccc(OCc3ccccc3Cl)c2)n1. The van der Waals surface area contributed by atoms with Crippen LogP contribution in [0.3, 0.4) is 0 Å². The van der Waals surface area contributed by atoms with Gasteiger partial charge in [-0.05, 0) is 30.3 Å². The van der Waals surface area contributed by atoms with E-state index in [0.717, 1.165) is 16.1 Å². The van der Waals surface area contributed by atoms with Gasteiger partial charge in [0.05, 0.1) is 12.8 Å². The summed E-state index contributed by atoms with van der Waals surface area (Å²) >= 11 is 7.58. The number of furan rings is 1. The number of nitrogens with zero attached hydrogens (tertiary/aromatic N) is 1. The van der Waals surface area contributed by atoms with Crippen molar-refractivity contribution >= 4 is 28.8 Å². The van der Waals surface area contributed by atoms with E-state index in [1.165, 1.54) is 11.3 Å². The lowest BCUT2D eigenvalue weighted by atomic mass is 10.2. The van der Waals surface area contributed by atoms with Crippen molar-refractivity contribution in [3.05, 3.63) is 94.3 Å². The molecule has 2 aromatic carbocycles. The number of hydrogen-bond donors (Lipinski definition) is 1. The van der Waals surface area contributed by atoms with Gasteiger partial charge in [0.15, 0.2) is 0 Å². The number of carbonyl (C=O) groups is 1. The van der Waals surface area contributed by atoms with Crippen LogP contribution in [0.4, 0.5) is 0 Å². The van der Waals surface area contributed by atoms with Crippen molar-refractivity contribution in [2.45, 2.75) is 13.2 Å². The summed E-state index contributed by atoms with van der Waals surface area (Å²) in [5, 5.41) is 5.96. The van der Waals surface area contributed by atoms with Gasteiger partial charge in [0.25, 0.3) is 5.91 Å². The first-order valence-corrected chi connectivity index (χ1v) is 10.2. The Labute approximate surface area is 176 Å². The molecule has 29 heavy (non-hydrogen) atoms. The quantitative estimate of drug-likeness (QED) is 0.421. The maximum atomic E-state index is 12.3. The minimum absolute atomic E-state index is 0.241. The molecule has 4 rings (SSSR count). The lowest BCUT2D eigenvalue weighted by molar-refractivity contribution is 0.0944. The highest BCUT2D eigenvalue weighted by atomic mass is 35.5. The van der Waals surface area contributed by atoms with Crippen molar-refractivity contribution in [2.75, 3.05) is 0 Å². The normalized spacial score (nSPS) is 10.7. The van der Waals surface area contributed by atoms with Gasteiger partial charge in [0.1, 0.15) is 28.8 Å². The highest BCUT2D eigenvalue weighted by Gasteiger charge is 2.13. The van der Waals surface area contributed by atoms with Crippen LogP contribution in [0.25, 0.3) is 10.6 Å². The first kappa shape index (κ1) is 19.2. The third-order valence-corrected chi connectivity index (χ3v) is 5.43. The Morgan fingerprint density at radius 2 is 2.03 bits per heavy atom. The van der Waals surface area contributed by atoms with Gasteiger partial charge in [-0.15, -0.1) is 11.3 Å². The van der Waals surface area contributed by atoms with E-state index in [4.69, 9.17) is 20.8 Å². The largest absolute Gasteiger partial charge is 0.489 e. The highest BCUT2D eigenvalue weighted by molar-refractivity contribution is 7.13. The number of nitrogens with one attached hydrogen (secondary N) is 1. The van der Waals surface area contributed by atoms with Gasteiger partial charge in [-0.25, -0.2) is 4.98 Å². The third-order valence-electron chi connectivity index (χ3n) is 4.17.